The Bertz CT molecular complexity index is 1210. The lowest BCUT2D eigenvalue weighted by molar-refractivity contribution is 0.0139. The van der Waals surface area contributed by atoms with Crippen molar-refractivity contribution >= 4 is 9.84 Å². The lowest BCUT2D eigenvalue weighted by Crippen LogP contribution is -2.45. The van der Waals surface area contributed by atoms with Crippen molar-refractivity contribution in [2.24, 2.45) is 11.8 Å². The van der Waals surface area contributed by atoms with Gasteiger partial charge >= 0.3 is 0 Å². The van der Waals surface area contributed by atoms with Gasteiger partial charge in [-0.25, -0.2) is 17.2 Å². The van der Waals surface area contributed by atoms with Gasteiger partial charge in [0, 0.05) is 37.9 Å². The third-order valence-electron chi connectivity index (χ3n) is 8.86. The number of nitrogens with zero attached hydrogens (tertiary/aromatic N) is 1. The van der Waals surface area contributed by atoms with Crippen LogP contribution in [-0.2, 0) is 33.8 Å². The monoisotopic (exact) mass is 487 g/mol. The van der Waals surface area contributed by atoms with Crippen molar-refractivity contribution in [3.63, 3.8) is 0 Å². The lowest BCUT2D eigenvalue weighted by atomic mass is 9.86. The molecule has 2 saturated carbocycles. The minimum atomic E-state index is -3.05. The van der Waals surface area contributed by atoms with Crippen LogP contribution in [0.25, 0.3) is 0 Å². The van der Waals surface area contributed by atoms with E-state index in [1.807, 2.05) is 12.1 Å². The van der Waals surface area contributed by atoms with Crippen LogP contribution >= 0.6 is 0 Å². The summed E-state index contributed by atoms with van der Waals surface area (Å²) in [5.41, 5.74) is 2.61. The van der Waals surface area contributed by atoms with Gasteiger partial charge in [-0.15, -0.1) is 0 Å². The van der Waals surface area contributed by atoms with E-state index in [1.165, 1.54) is 17.7 Å². The molecule has 0 aromatic heterocycles. The number of hydrogen-bond donors (Lipinski definition) is 1. The van der Waals surface area contributed by atoms with Crippen LogP contribution < -0.4 is 0 Å². The quantitative estimate of drug-likeness (QED) is 0.646. The molecule has 4 aliphatic rings. The largest absolute Gasteiger partial charge is 0.388 e. The molecule has 6 rings (SSSR count). The highest BCUT2D eigenvalue weighted by Gasteiger charge is 2.67. The van der Waals surface area contributed by atoms with Gasteiger partial charge in [0.15, 0.2) is 21.5 Å². The van der Waals surface area contributed by atoms with Gasteiger partial charge in [-0.1, -0.05) is 31.2 Å². The van der Waals surface area contributed by atoms with E-state index in [1.54, 1.807) is 0 Å². The third kappa shape index (κ3) is 3.62. The second-order valence-corrected chi connectivity index (χ2v) is 13.4. The predicted octanol–water partition coefficient (Wildman–Crippen LogP) is 3.78. The molecule has 4 nitrogen and oxygen atoms in total. The molecule has 3 fully saturated rings. The number of aliphatic hydroxyl groups is 1. The summed E-state index contributed by atoms with van der Waals surface area (Å²) < 4.78 is 52.2. The van der Waals surface area contributed by atoms with E-state index in [0.717, 1.165) is 37.9 Å². The third-order valence-corrected chi connectivity index (χ3v) is 11.1. The number of halogens is 2. The molecule has 1 saturated heterocycles. The first-order valence-electron chi connectivity index (χ1n) is 12.4. The zero-order chi connectivity index (χ0) is 23.9. The Morgan fingerprint density at radius 2 is 1.65 bits per heavy atom. The van der Waals surface area contributed by atoms with E-state index >= 15 is 0 Å². The van der Waals surface area contributed by atoms with Crippen molar-refractivity contribution in [1.82, 2.24) is 4.90 Å². The van der Waals surface area contributed by atoms with Crippen LogP contribution in [0.4, 0.5) is 8.78 Å². The van der Waals surface area contributed by atoms with Crippen LogP contribution in [0.1, 0.15) is 48.4 Å². The number of likely N-dealkylation sites (tertiary alicyclic amines) is 1. The fraction of sp³-hybridized carbons (Fsp3) is 0.556. The summed E-state index contributed by atoms with van der Waals surface area (Å²) in [5, 5.41) is 11.1. The van der Waals surface area contributed by atoms with Crippen LogP contribution in [0.2, 0.25) is 0 Å². The summed E-state index contributed by atoms with van der Waals surface area (Å²) in [6.07, 6.45) is 3.29. The Kier molecular flexibility index (Phi) is 5.05. The Hall–Kier alpha value is -1.83. The molecule has 1 N–H and O–H groups in total. The second kappa shape index (κ2) is 7.58. The van der Waals surface area contributed by atoms with Gasteiger partial charge in [0.2, 0.25) is 0 Å². The Balaban J connectivity index is 1.14. The van der Waals surface area contributed by atoms with Crippen LogP contribution in [0.5, 0.6) is 0 Å². The van der Waals surface area contributed by atoms with Crippen molar-refractivity contribution in [3.8, 4) is 0 Å². The first kappa shape index (κ1) is 22.6. The number of hydrogen-bond acceptors (Lipinski definition) is 4. The topological polar surface area (TPSA) is 57.6 Å². The summed E-state index contributed by atoms with van der Waals surface area (Å²) in [6.45, 7) is 4.47. The second-order valence-electron chi connectivity index (χ2n) is 11.1. The highest BCUT2D eigenvalue weighted by atomic mass is 32.2. The van der Waals surface area contributed by atoms with E-state index in [0.29, 0.717) is 42.3 Å². The van der Waals surface area contributed by atoms with Gasteiger partial charge in [0.05, 0.1) is 16.6 Å². The summed E-state index contributed by atoms with van der Waals surface area (Å²) >= 11 is 0. The molecule has 1 aliphatic heterocycles. The number of sulfone groups is 1. The van der Waals surface area contributed by atoms with Gasteiger partial charge in [0.1, 0.15) is 0 Å². The summed E-state index contributed by atoms with van der Waals surface area (Å²) in [4.78, 5) is 2.29. The predicted molar refractivity (Wildman–Crippen MR) is 126 cm³/mol. The molecule has 3 aliphatic carbocycles. The van der Waals surface area contributed by atoms with E-state index in [4.69, 9.17) is 0 Å². The van der Waals surface area contributed by atoms with Gasteiger partial charge in [-0.05, 0) is 65.5 Å². The van der Waals surface area contributed by atoms with E-state index in [-0.39, 0.29) is 16.4 Å². The van der Waals surface area contributed by atoms with Gasteiger partial charge in [0.25, 0.3) is 0 Å². The summed E-state index contributed by atoms with van der Waals surface area (Å²) in [5.74, 6) is -0.623. The van der Waals surface area contributed by atoms with Crippen LogP contribution in [-0.4, -0.2) is 48.9 Å². The molecule has 0 amide bonds. The summed E-state index contributed by atoms with van der Waals surface area (Å²) in [7, 11) is -3.05. The standard InChI is InChI=1S/C27H31F2NO3S/c1-2-27(20-5-3-4-17(8-20)15-34(32,33)21-6-7-21)22-13-30(14-23(22)27)16-26(31)11-18-9-24(28)25(29)10-19(18)12-26/h3-5,8-10,21-23,31H,2,6-7,11-16H2,1H3/t22-,23+,27?. The molecule has 3 atom stereocenters. The van der Waals surface area contributed by atoms with E-state index in [9.17, 15) is 22.3 Å². The molecule has 2 aromatic carbocycles. The minimum absolute atomic E-state index is 0.0728. The number of fused-ring (bicyclic) bond motifs is 2. The average Bonchev–Trinajstić information content (AvgIpc) is 3.65. The fourth-order valence-corrected chi connectivity index (χ4v) is 8.82. The highest BCUT2D eigenvalue weighted by Crippen LogP contribution is 2.65. The molecule has 1 unspecified atom stereocenters. The maximum atomic E-state index is 13.6. The normalized spacial score (nSPS) is 29.8. The van der Waals surface area contributed by atoms with Gasteiger partial charge < -0.3 is 5.11 Å². The molecule has 34 heavy (non-hydrogen) atoms. The van der Waals surface area contributed by atoms with Crippen molar-refractivity contribution < 1.29 is 22.3 Å². The van der Waals surface area contributed by atoms with Crippen LogP contribution in [0, 0.1) is 23.5 Å². The van der Waals surface area contributed by atoms with Crippen molar-refractivity contribution in [3.05, 3.63) is 70.3 Å². The zero-order valence-corrected chi connectivity index (χ0v) is 20.3. The Labute approximate surface area is 199 Å². The van der Waals surface area contributed by atoms with Crippen molar-refractivity contribution in [2.45, 2.75) is 61.0 Å². The fourth-order valence-electron chi connectivity index (χ4n) is 7.09. The minimum Gasteiger partial charge on any atom is -0.388 e. The smallest absolute Gasteiger partial charge is 0.159 e. The van der Waals surface area contributed by atoms with E-state index < -0.39 is 27.1 Å². The Morgan fingerprint density at radius 3 is 2.21 bits per heavy atom. The molecule has 7 heteroatoms. The lowest BCUT2D eigenvalue weighted by Gasteiger charge is -2.32. The average molecular weight is 488 g/mol. The molecule has 2 aromatic rings. The zero-order valence-electron chi connectivity index (χ0n) is 19.4. The molecular weight excluding hydrogens is 456 g/mol. The molecule has 182 valence electrons. The first-order chi connectivity index (χ1) is 16.1. The molecule has 1 heterocycles. The Morgan fingerprint density at radius 1 is 1.03 bits per heavy atom. The van der Waals surface area contributed by atoms with E-state index in [2.05, 4.69) is 24.0 Å². The molecule has 0 bridgehead atoms. The SMILES string of the molecule is CCC1(c2cccc(CS(=O)(=O)C3CC3)c2)[C@@H]2CN(CC3(O)Cc4cc(F)c(F)cc4C3)C[C@@H]21. The number of rotatable bonds is 7. The highest BCUT2D eigenvalue weighted by molar-refractivity contribution is 7.91. The maximum Gasteiger partial charge on any atom is 0.159 e. The van der Waals surface area contributed by atoms with Crippen molar-refractivity contribution in [2.75, 3.05) is 19.6 Å². The van der Waals surface area contributed by atoms with Crippen molar-refractivity contribution in [1.29, 1.82) is 0 Å². The molecule has 0 radical (unpaired) electrons. The first-order valence-corrected chi connectivity index (χ1v) is 14.1. The van der Waals surface area contributed by atoms with Crippen LogP contribution in [0.15, 0.2) is 36.4 Å². The maximum absolute atomic E-state index is 13.6. The number of benzene rings is 2. The molecule has 0 spiro atoms. The molecular formula is C27H31F2NO3S. The van der Waals surface area contributed by atoms with Crippen LogP contribution in [0.3, 0.4) is 0 Å². The number of β-amino-alcohol motifs (C(OH)–C–C–N with tert-alkyl or cyclic N) is 1. The van der Waals surface area contributed by atoms with Gasteiger partial charge in [-0.2, -0.15) is 0 Å². The summed E-state index contributed by atoms with van der Waals surface area (Å²) in [6, 6.07) is 10.6. The van der Waals surface area contributed by atoms with Gasteiger partial charge in [-0.3, -0.25) is 4.90 Å². The number of piperidine rings is 1.